The number of fused-ring (bicyclic) bond motifs is 1. The lowest BCUT2D eigenvalue weighted by atomic mass is 10.2. The smallest absolute Gasteiger partial charge is 0.145 e. The molecule has 0 spiro atoms. The van der Waals surface area contributed by atoms with Gasteiger partial charge in [-0.1, -0.05) is 23.4 Å². The Labute approximate surface area is 81.0 Å². The zero-order valence-corrected chi connectivity index (χ0v) is 7.57. The molecule has 4 N–H and O–H groups in total. The van der Waals surface area contributed by atoms with Crippen molar-refractivity contribution in [3.8, 4) is 0 Å². The van der Waals surface area contributed by atoms with Gasteiger partial charge in [-0.25, -0.2) is 0 Å². The minimum Gasteiger partial charge on any atom is -0.409 e. The first-order chi connectivity index (χ1) is 6.79. The van der Waals surface area contributed by atoms with E-state index in [1.54, 1.807) is 0 Å². The summed E-state index contributed by atoms with van der Waals surface area (Å²) in [5.41, 5.74) is 7.42. The zero-order valence-electron chi connectivity index (χ0n) is 7.57. The van der Waals surface area contributed by atoms with Crippen LogP contribution in [0.4, 0.5) is 0 Å². The second-order valence-corrected chi connectivity index (χ2v) is 3.15. The van der Waals surface area contributed by atoms with Crippen molar-refractivity contribution >= 4 is 16.7 Å². The summed E-state index contributed by atoms with van der Waals surface area (Å²) in [6, 6.07) is 9.94. The predicted octanol–water partition coefficient (Wildman–Crippen LogP) is 1.46. The van der Waals surface area contributed by atoms with Crippen molar-refractivity contribution in [1.29, 1.82) is 0 Å². The number of nitrogens with two attached hydrogens (primary N) is 1. The molecule has 0 amide bonds. The molecule has 0 radical (unpaired) electrons. The van der Waals surface area contributed by atoms with Gasteiger partial charge in [0.25, 0.3) is 0 Å². The monoisotopic (exact) mass is 189 g/mol. The van der Waals surface area contributed by atoms with Crippen LogP contribution in [0.2, 0.25) is 0 Å². The number of para-hydroxylation sites is 1. The number of nitrogens with one attached hydrogen (secondary N) is 1. The Balaban J connectivity index is 2.36. The highest BCUT2D eigenvalue weighted by Crippen LogP contribution is 2.14. The highest BCUT2D eigenvalue weighted by atomic mass is 16.4. The van der Waals surface area contributed by atoms with Crippen molar-refractivity contribution < 1.29 is 5.21 Å². The average molecular weight is 189 g/mol. The molecule has 14 heavy (non-hydrogen) atoms. The number of amidine groups is 1. The van der Waals surface area contributed by atoms with E-state index in [0.717, 1.165) is 16.6 Å². The number of rotatable bonds is 2. The molecule has 0 saturated heterocycles. The summed E-state index contributed by atoms with van der Waals surface area (Å²) in [5, 5.41) is 12.5. The summed E-state index contributed by atoms with van der Waals surface area (Å²) in [7, 11) is 0. The van der Waals surface area contributed by atoms with Gasteiger partial charge in [-0.3, -0.25) is 0 Å². The fourth-order valence-corrected chi connectivity index (χ4v) is 1.46. The summed E-state index contributed by atoms with van der Waals surface area (Å²) in [4.78, 5) is 3.19. The van der Waals surface area contributed by atoms with E-state index in [4.69, 9.17) is 10.9 Å². The molecule has 1 aromatic carbocycles. The van der Waals surface area contributed by atoms with Crippen molar-refractivity contribution in [2.45, 2.75) is 6.42 Å². The summed E-state index contributed by atoms with van der Waals surface area (Å²) < 4.78 is 0. The Kier molecular flexibility index (Phi) is 2.10. The van der Waals surface area contributed by atoms with E-state index in [2.05, 4.69) is 10.1 Å². The number of hydrogen-bond acceptors (Lipinski definition) is 2. The van der Waals surface area contributed by atoms with Gasteiger partial charge in [0, 0.05) is 17.6 Å². The second kappa shape index (κ2) is 3.41. The number of aromatic amines is 1. The molecule has 0 saturated carbocycles. The fraction of sp³-hybridized carbons (Fsp3) is 0.100. The van der Waals surface area contributed by atoms with Gasteiger partial charge < -0.3 is 15.9 Å². The van der Waals surface area contributed by atoms with Crippen molar-refractivity contribution in [2.75, 3.05) is 0 Å². The lowest BCUT2D eigenvalue weighted by Crippen LogP contribution is -2.14. The summed E-state index contributed by atoms with van der Waals surface area (Å²) in [6.45, 7) is 0. The van der Waals surface area contributed by atoms with Crippen LogP contribution in [0.5, 0.6) is 0 Å². The fourth-order valence-electron chi connectivity index (χ4n) is 1.46. The van der Waals surface area contributed by atoms with Gasteiger partial charge in [0.15, 0.2) is 0 Å². The SMILES string of the molecule is N/C(Cc1cc2ccccc2[nH]1)=N\O. The van der Waals surface area contributed by atoms with E-state index in [0.29, 0.717) is 6.42 Å². The largest absolute Gasteiger partial charge is 0.409 e. The van der Waals surface area contributed by atoms with E-state index in [1.165, 1.54) is 0 Å². The maximum absolute atomic E-state index is 8.42. The van der Waals surface area contributed by atoms with Crippen LogP contribution < -0.4 is 5.73 Å². The van der Waals surface area contributed by atoms with Crippen molar-refractivity contribution in [1.82, 2.24) is 4.98 Å². The summed E-state index contributed by atoms with van der Waals surface area (Å²) in [6.07, 6.45) is 0.436. The van der Waals surface area contributed by atoms with Gasteiger partial charge in [0.1, 0.15) is 5.84 Å². The van der Waals surface area contributed by atoms with Gasteiger partial charge in [0.05, 0.1) is 0 Å². The molecule has 0 atom stereocenters. The van der Waals surface area contributed by atoms with Crippen molar-refractivity contribution in [2.24, 2.45) is 10.9 Å². The standard InChI is InChI=1S/C10H11N3O/c11-10(13-14)6-8-5-7-3-1-2-4-9(7)12-8/h1-5,12,14H,6H2,(H2,11,13). The molecule has 1 heterocycles. The quantitative estimate of drug-likeness (QED) is 0.289. The van der Waals surface area contributed by atoms with Crippen LogP contribution in [0, 0.1) is 0 Å². The van der Waals surface area contributed by atoms with Crippen LogP contribution in [0.3, 0.4) is 0 Å². The summed E-state index contributed by atoms with van der Waals surface area (Å²) in [5.74, 6) is 0.205. The minimum atomic E-state index is 0.205. The number of benzene rings is 1. The predicted molar refractivity (Wildman–Crippen MR) is 55.4 cm³/mol. The molecule has 0 aliphatic carbocycles. The Morgan fingerprint density at radius 1 is 1.43 bits per heavy atom. The third-order valence-electron chi connectivity index (χ3n) is 2.09. The van der Waals surface area contributed by atoms with Gasteiger partial charge in [0.2, 0.25) is 0 Å². The van der Waals surface area contributed by atoms with Gasteiger partial charge in [-0.05, 0) is 17.5 Å². The molecule has 4 heteroatoms. The first-order valence-electron chi connectivity index (χ1n) is 4.32. The zero-order chi connectivity index (χ0) is 9.97. The van der Waals surface area contributed by atoms with Gasteiger partial charge in [-0.15, -0.1) is 0 Å². The molecule has 0 bridgehead atoms. The first kappa shape index (κ1) is 8.62. The molecular weight excluding hydrogens is 178 g/mol. The Hall–Kier alpha value is -1.97. The van der Waals surface area contributed by atoms with Crippen molar-refractivity contribution in [3.63, 3.8) is 0 Å². The van der Waals surface area contributed by atoms with Crippen LogP contribution in [0.1, 0.15) is 5.69 Å². The molecule has 0 aliphatic heterocycles. The molecule has 0 fully saturated rings. The molecule has 2 aromatic rings. The lowest BCUT2D eigenvalue weighted by molar-refractivity contribution is 0.317. The van der Waals surface area contributed by atoms with Gasteiger partial charge >= 0.3 is 0 Å². The molecule has 0 aliphatic rings. The minimum absolute atomic E-state index is 0.205. The second-order valence-electron chi connectivity index (χ2n) is 3.15. The molecule has 72 valence electrons. The Morgan fingerprint density at radius 2 is 2.21 bits per heavy atom. The lowest BCUT2D eigenvalue weighted by Gasteiger charge is -1.93. The van der Waals surface area contributed by atoms with E-state index in [1.807, 2.05) is 30.3 Å². The maximum atomic E-state index is 8.42. The van der Waals surface area contributed by atoms with Crippen LogP contribution in [-0.2, 0) is 6.42 Å². The average Bonchev–Trinajstić information content (AvgIpc) is 2.59. The molecule has 0 unspecified atom stereocenters. The molecule has 4 nitrogen and oxygen atoms in total. The number of aromatic nitrogens is 1. The highest BCUT2D eigenvalue weighted by molar-refractivity contribution is 5.85. The third kappa shape index (κ3) is 1.54. The van der Waals surface area contributed by atoms with E-state index < -0.39 is 0 Å². The number of nitrogens with zero attached hydrogens (tertiary/aromatic N) is 1. The molecular formula is C10H11N3O. The van der Waals surface area contributed by atoms with E-state index >= 15 is 0 Å². The van der Waals surface area contributed by atoms with Crippen molar-refractivity contribution in [3.05, 3.63) is 36.0 Å². The Morgan fingerprint density at radius 3 is 2.93 bits per heavy atom. The number of oxime groups is 1. The van der Waals surface area contributed by atoms with Crippen LogP contribution >= 0.6 is 0 Å². The summed E-state index contributed by atoms with van der Waals surface area (Å²) >= 11 is 0. The van der Waals surface area contributed by atoms with Crippen LogP contribution in [0.15, 0.2) is 35.5 Å². The molecule has 2 rings (SSSR count). The topological polar surface area (TPSA) is 74.4 Å². The normalized spacial score (nSPS) is 12.1. The first-order valence-corrected chi connectivity index (χ1v) is 4.32. The van der Waals surface area contributed by atoms with Gasteiger partial charge in [-0.2, -0.15) is 0 Å². The van der Waals surface area contributed by atoms with Crippen LogP contribution in [0.25, 0.3) is 10.9 Å². The number of H-pyrrole nitrogens is 1. The number of hydrogen-bond donors (Lipinski definition) is 3. The maximum Gasteiger partial charge on any atom is 0.145 e. The highest BCUT2D eigenvalue weighted by Gasteiger charge is 2.01. The van der Waals surface area contributed by atoms with Crippen LogP contribution in [-0.4, -0.2) is 16.0 Å². The Bertz CT molecular complexity index is 440. The van der Waals surface area contributed by atoms with E-state index in [-0.39, 0.29) is 5.84 Å². The van der Waals surface area contributed by atoms with E-state index in [9.17, 15) is 0 Å². The third-order valence-corrected chi connectivity index (χ3v) is 2.09. The molecule has 1 aromatic heterocycles.